The molecule has 0 bridgehead atoms. The zero-order chi connectivity index (χ0) is 22.5. The molecule has 0 N–H and O–H groups in total. The number of carbonyl (C=O) groups excluding carboxylic acids is 1. The smallest absolute Gasteiger partial charge is 0.371 e. The van der Waals surface area contributed by atoms with Crippen LogP contribution < -0.4 is 4.74 Å². The second-order valence-electron chi connectivity index (χ2n) is 8.22. The van der Waals surface area contributed by atoms with Crippen LogP contribution in [-0.2, 0) is 23.1 Å². The second kappa shape index (κ2) is 9.95. The Balaban J connectivity index is 2.30. The van der Waals surface area contributed by atoms with Gasteiger partial charge in [-0.3, -0.25) is 9.36 Å². The number of carbonyl (C=O) groups is 1. The van der Waals surface area contributed by atoms with Gasteiger partial charge in [-0.1, -0.05) is 45.0 Å². The van der Waals surface area contributed by atoms with E-state index in [0.717, 1.165) is 22.1 Å². The Morgan fingerprint density at radius 3 is 2.10 bits per heavy atom. The molecule has 2 aromatic carbocycles. The highest BCUT2D eigenvalue weighted by Crippen LogP contribution is 2.59. The number of fused-ring (bicyclic) bond motifs is 1. The van der Waals surface area contributed by atoms with E-state index in [4.69, 9.17) is 18.5 Å². The normalized spacial score (nSPS) is 14.4. The SMILES string of the molecule is CCOP(=O)(OCC)[C@H](OC(=O)[C@@H](C)c1ccc2cc(OC)ccc2c1)C(C)(C)C. The van der Waals surface area contributed by atoms with Gasteiger partial charge < -0.3 is 18.5 Å². The zero-order valence-corrected chi connectivity index (χ0v) is 19.8. The zero-order valence-electron chi connectivity index (χ0n) is 18.9. The van der Waals surface area contributed by atoms with Gasteiger partial charge >= 0.3 is 13.6 Å². The molecular formula is C23H33O6P. The lowest BCUT2D eigenvalue weighted by molar-refractivity contribution is -0.152. The first kappa shape index (κ1) is 24.4. The Labute approximate surface area is 179 Å². The fourth-order valence-electron chi connectivity index (χ4n) is 3.23. The minimum Gasteiger partial charge on any atom is -0.497 e. The number of rotatable bonds is 9. The highest BCUT2D eigenvalue weighted by Gasteiger charge is 2.47. The van der Waals surface area contributed by atoms with Crippen molar-refractivity contribution in [1.29, 1.82) is 0 Å². The number of hydrogen-bond acceptors (Lipinski definition) is 6. The summed E-state index contributed by atoms with van der Waals surface area (Å²) in [4.78, 5) is 13.0. The Morgan fingerprint density at radius 2 is 1.57 bits per heavy atom. The molecule has 0 aliphatic carbocycles. The topological polar surface area (TPSA) is 71.1 Å². The molecule has 0 spiro atoms. The number of benzene rings is 2. The molecule has 0 saturated carbocycles. The van der Waals surface area contributed by atoms with Crippen molar-refractivity contribution in [2.24, 2.45) is 5.41 Å². The summed E-state index contributed by atoms with van der Waals surface area (Å²) >= 11 is 0. The van der Waals surface area contributed by atoms with Crippen molar-refractivity contribution in [3.05, 3.63) is 42.0 Å². The van der Waals surface area contributed by atoms with Crippen LogP contribution in [0.25, 0.3) is 10.8 Å². The predicted molar refractivity (Wildman–Crippen MR) is 119 cm³/mol. The molecule has 0 saturated heterocycles. The summed E-state index contributed by atoms with van der Waals surface area (Å²) in [6, 6.07) is 11.6. The minimum absolute atomic E-state index is 0.200. The van der Waals surface area contributed by atoms with Crippen LogP contribution >= 0.6 is 7.60 Å². The van der Waals surface area contributed by atoms with Crippen LogP contribution in [0.2, 0.25) is 0 Å². The molecule has 2 aromatic rings. The number of hydrogen-bond donors (Lipinski definition) is 0. The third-order valence-corrected chi connectivity index (χ3v) is 7.49. The molecule has 0 radical (unpaired) electrons. The van der Waals surface area contributed by atoms with Gasteiger partial charge in [-0.2, -0.15) is 0 Å². The lowest BCUT2D eigenvalue weighted by Gasteiger charge is -2.35. The van der Waals surface area contributed by atoms with E-state index in [-0.39, 0.29) is 13.2 Å². The van der Waals surface area contributed by atoms with Gasteiger partial charge in [0.2, 0.25) is 5.85 Å². The molecule has 7 heteroatoms. The van der Waals surface area contributed by atoms with Gasteiger partial charge in [-0.15, -0.1) is 0 Å². The summed E-state index contributed by atoms with van der Waals surface area (Å²) in [5.74, 6) is -1.25. The van der Waals surface area contributed by atoms with Crippen LogP contribution in [0.5, 0.6) is 5.75 Å². The third kappa shape index (κ3) is 5.63. The number of esters is 1. The molecule has 0 amide bonds. The molecule has 0 heterocycles. The maximum atomic E-state index is 13.4. The van der Waals surface area contributed by atoms with Gasteiger partial charge in [0.25, 0.3) is 0 Å². The lowest BCUT2D eigenvalue weighted by atomic mass is 9.96. The maximum absolute atomic E-state index is 13.4. The summed E-state index contributed by atoms with van der Waals surface area (Å²) in [5, 5.41) is 2.01. The van der Waals surface area contributed by atoms with Gasteiger partial charge in [0.15, 0.2) is 0 Å². The van der Waals surface area contributed by atoms with E-state index in [1.54, 1.807) is 27.9 Å². The summed E-state index contributed by atoms with van der Waals surface area (Å²) in [6.45, 7) is 11.2. The van der Waals surface area contributed by atoms with Crippen molar-refractivity contribution in [2.75, 3.05) is 20.3 Å². The van der Waals surface area contributed by atoms with Crippen LogP contribution in [0, 0.1) is 5.41 Å². The Morgan fingerprint density at radius 1 is 1.00 bits per heavy atom. The largest absolute Gasteiger partial charge is 0.497 e. The fourth-order valence-corrected chi connectivity index (χ4v) is 5.48. The quantitative estimate of drug-likeness (QED) is 0.348. The number of methoxy groups -OCH3 is 1. The van der Waals surface area contributed by atoms with E-state index in [2.05, 4.69) is 0 Å². The van der Waals surface area contributed by atoms with E-state index in [1.807, 2.05) is 57.2 Å². The van der Waals surface area contributed by atoms with Gasteiger partial charge in [0, 0.05) is 5.41 Å². The van der Waals surface area contributed by atoms with E-state index in [1.165, 1.54) is 0 Å². The molecule has 0 unspecified atom stereocenters. The van der Waals surface area contributed by atoms with E-state index >= 15 is 0 Å². The number of ether oxygens (including phenoxy) is 2. The fraction of sp³-hybridized carbons (Fsp3) is 0.522. The molecule has 0 aromatic heterocycles. The van der Waals surface area contributed by atoms with Gasteiger partial charge in [-0.05, 0) is 49.2 Å². The van der Waals surface area contributed by atoms with Crippen LogP contribution in [0.4, 0.5) is 0 Å². The molecule has 0 fully saturated rings. The Bertz CT molecular complexity index is 908. The molecular weight excluding hydrogens is 403 g/mol. The first-order chi connectivity index (χ1) is 14.1. The summed E-state index contributed by atoms with van der Waals surface area (Å²) in [7, 11) is -2.01. The highest BCUT2D eigenvalue weighted by atomic mass is 31.2. The molecule has 0 aliphatic heterocycles. The Kier molecular flexibility index (Phi) is 8.09. The van der Waals surface area contributed by atoms with Crippen molar-refractivity contribution >= 4 is 24.3 Å². The van der Waals surface area contributed by atoms with Gasteiger partial charge in [0.05, 0.1) is 26.2 Å². The molecule has 166 valence electrons. The second-order valence-corrected chi connectivity index (χ2v) is 10.3. The molecule has 0 aliphatic rings. The Hall–Kier alpha value is -1.88. The van der Waals surface area contributed by atoms with Crippen LogP contribution in [0.1, 0.15) is 53.0 Å². The van der Waals surface area contributed by atoms with Crippen molar-refractivity contribution < 1.29 is 27.9 Å². The summed E-state index contributed by atoms with van der Waals surface area (Å²) in [5.41, 5.74) is 0.183. The summed E-state index contributed by atoms with van der Waals surface area (Å²) in [6.07, 6.45) is 0. The maximum Gasteiger partial charge on any atom is 0.371 e. The van der Waals surface area contributed by atoms with Crippen molar-refractivity contribution in [3.8, 4) is 5.75 Å². The van der Waals surface area contributed by atoms with Gasteiger partial charge in [-0.25, -0.2) is 0 Å². The molecule has 30 heavy (non-hydrogen) atoms. The molecule has 2 atom stereocenters. The van der Waals surface area contributed by atoms with E-state index in [9.17, 15) is 9.36 Å². The van der Waals surface area contributed by atoms with Gasteiger partial charge in [0.1, 0.15) is 5.75 Å². The van der Waals surface area contributed by atoms with E-state index < -0.39 is 30.7 Å². The first-order valence-corrected chi connectivity index (χ1v) is 11.8. The molecule has 2 rings (SSSR count). The monoisotopic (exact) mass is 436 g/mol. The average molecular weight is 436 g/mol. The minimum atomic E-state index is -3.64. The van der Waals surface area contributed by atoms with Crippen LogP contribution in [0.3, 0.4) is 0 Å². The molecule has 6 nitrogen and oxygen atoms in total. The summed E-state index contributed by atoms with van der Waals surface area (Å²) < 4.78 is 35.3. The van der Waals surface area contributed by atoms with Crippen LogP contribution in [-0.4, -0.2) is 32.1 Å². The lowest BCUT2D eigenvalue weighted by Crippen LogP contribution is -2.34. The first-order valence-electron chi connectivity index (χ1n) is 10.2. The highest BCUT2D eigenvalue weighted by molar-refractivity contribution is 7.54. The van der Waals surface area contributed by atoms with Crippen molar-refractivity contribution in [3.63, 3.8) is 0 Å². The van der Waals surface area contributed by atoms with Crippen molar-refractivity contribution in [1.82, 2.24) is 0 Å². The standard InChI is InChI=1S/C23H33O6P/c1-8-27-30(25,28-9-2)22(23(4,5)6)29-21(24)16(3)17-10-11-19-15-20(26-7)13-12-18(19)14-17/h10-16,22H,8-9H2,1-7H3/t16-,22-/m0/s1. The predicted octanol–water partition coefficient (Wildman–Crippen LogP) is 6.13. The van der Waals surface area contributed by atoms with Crippen molar-refractivity contribution in [2.45, 2.75) is 53.3 Å². The van der Waals surface area contributed by atoms with Crippen LogP contribution in [0.15, 0.2) is 36.4 Å². The third-order valence-electron chi connectivity index (χ3n) is 4.80. The average Bonchev–Trinajstić information content (AvgIpc) is 2.69. The van der Waals surface area contributed by atoms with E-state index in [0.29, 0.717) is 0 Å².